The molecule has 0 aliphatic carbocycles. The van der Waals surface area contributed by atoms with E-state index in [1.807, 2.05) is 6.92 Å². The van der Waals surface area contributed by atoms with Crippen LogP contribution in [-0.2, 0) is 12.8 Å². The third-order valence-corrected chi connectivity index (χ3v) is 3.22. The van der Waals surface area contributed by atoms with Crippen LogP contribution in [0.15, 0.2) is 22.9 Å². The second kappa shape index (κ2) is 6.39. The SMILES string of the molecule is CCc1noc(Nc2ccc(C(=O)N(C)C)cn2)c1CC. The summed E-state index contributed by atoms with van der Waals surface area (Å²) in [6.07, 6.45) is 3.22. The lowest BCUT2D eigenvalue weighted by Crippen LogP contribution is -2.21. The van der Waals surface area contributed by atoms with Crippen LogP contribution in [0.25, 0.3) is 0 Å². The van der Waals surface area contributed by atoms with Crippen molar-refractivity contribution in [3.8, 4) is 0 Å². The van der Waals surface area contributed by atoms with E-state index in [2.05, 4.69) is 22.4 Å². The molecule has 0 radical (unpaired) electrons. The fourth-order valence-electron chi connectivity index (χ4n) is 2.05. The molecule has 1 N–H and O–H groups in total. The second-order valence-electron chi connectivity index (χ2n) is 4.90. The van der Waals surface area contributed by atoms with Crippen molar-refractivity contribution in [2.45, 2.75) is 26.7 Å². The predicted octanol–water partition coefficient (Wildman–Crippen LogP) is 2.64. The van der Waals surface area contributed by atoms with Crippen LogP contribution < -0.4 is 5.32 Å². The maximum Gasteiger partial charge on any atom is 0.254 e. The maximum absolute atomic E-state index is 11.8. The number of anilines is 2. The molecule has 0 saturated heterocycles. The summed E-state index contributed by atoms with van der Waals surface area (Å²) in [6, 6.07) is 3.49. The van der Waals surface area contributed by atoms with Crippen LogP contribution in [0.1, 0.15) is 35.5 Å². The first kappa shape index (κ1) is 15.0. The zero-order chi connectivity index (χ0) is 15.4. The van der Waals surface area contributed by atoms with E-state index in [0.29, 0.717) is 17.3 Å². The van der Waals surface area contributed by atoms with Gasteiger partial charge in [0, 0.05) is 25.9 Å². The van der Waals surface area contributed by atoms with Gasteiger partial charge in [-0.1, -0.05) is 19.0 Å². The highest BCUT2D eigenvalue weighted by Crippen LogP contribution is 2.24. The minimum Gasteiger partial charge on any atom is -0.345 e. The van der Waals surface area contributed by atoms with Gasteiger partial charge in [0.2, 0.25) is 5.88 Å². The van der Waals surface area contributed by atoms with Crippen LogP contribution in [0.3, 0.4) is 0 Å². The number of amides is 1. The van der Waals surface area contributed by atoms with Gasteiger partial charge in [-0.05, 0) is 25.0 Å². The molecule has 2 heterocycles. The van der Waals surface area contributed by atoms with Crippen LogP contribution in [-0.4, -0.2) is 35.0 Å². The molecule has 0 aliphatic heterocycles. The highest BCUT2D eigenvalue weighted by molar-refractivity contribution is 5.93. The maximum atomic E-state index is 11.8. The number of hydrogen-bond acceptors (Lipinski definition) is 5. The quantitative estimate of drug-likeness (QED) is 0.915. The van der Waals surface area contributed by atoms with Gasteiger partial charge < -0.3 is 14.7 Å². The van der Waals surface area contributed by atoms with Crippen LogP contribution in [0.4, 0.5) is 11.7 Å². The minimum atomic E-state index is -0.0729. The molecule has 6 heteroatoms. The smallest absolute Gasteiger partial charge is 0.254 e. The highest BCUT2D eigenvalue weighted by atomic mass is 16.5. The zero-order valence-electron chi connectivity index (χ0n) is 12.8. The van der Waals surface area contributed by atoms with E-state index in [1.54, 1.807) is 32.4 Å². The molecule has 0 fully saturated rings. The number of carbonyl (C=O) groups excluding carboxylic acids is 1. The Bertz CT molecular complexity index is 617. The van der Waals surface area contributed by atoms with Gasteiger partial charge in [-0.2, -0.15) is 0 Å². The lowest BCUT2D eigenvalue weighted by Gasteiger charge is -2.10. The van der Waals surface area contributed by atoms with Gasteiger partial charge in [0.15, 0.2) is 0 Å². The Morgan fingerprint density at radius 3 is 2.57 bits per heavy atom. The Morgan fingerprint density at radius 1 is 1.29 bits per heavy atom. The van der Waals surface area contributed by atoms with Crippen molar-refractivity contribution in [2.75, 3.05) is 19.4 Å². The lowest BCUT2D eigenvalue weighted by atomic mass is 10.1. The molecule has 6 nitrogen and oxygen atoms in total. The Morgan fingerprint density at radius 2 is 2.05 bits per heavy atom. The fourth-order valence-corrected chi connectivity index (χ4v) is 2.05. The molecule has 21 heavy (non-hydrogen) atoms. The summed E-state index contributed by atoms with van der Waals surface area (Å²) in [4.78, 5) is 17.6. The molecule has 0 saturated carbocycles. The largest absolute Gasteiger partial charge is 0.345 e. The van der Waals surface area contributed by atoms with Gasteiger partial charge >= 0.3 is 0 Å². The number of aryl methyl sites for hydroxylation is 1. The average Bonchev–Trinajstić information content (AvgIpc) is 2.89. The van der Waals surface area contributed by atoms with Crippen molar-refractivity contribution in [1.82, 2.24) is 15.0 Å². The van der Waals surface area contributed by atoms with E-state index in [4.69, 9.17) is 4.52 Å². The summed E-state index contributed by atoms with van der Waals surface area (Å²) < 4.78 is 5.32. The molecular formula is C15H20N4O2. The molecular weight excluding hydrogens is 268 g/mol. The summed E-state index contributed by atoms with van der Waals surface area (Å²) in [7, 11) is 3.42. The summed E-state index contributed by atoms with van der Waals surface area (Å²) in [6.45, 7) is 4.10. The molecule has 0 bridgehead atoms. The van der Waals surface area contributed by atoms with Crippen molar-refractivity contribution in [1.29, 1.82) is 0 Å². The molecule has 112 valence electrons. The number of hydrogen-bond donors (Lipinski definition) is 1. The third-order valence-electron chi connectivity index (χ3n) is 3.22. The van der Waals surface area contributed by atoms with Crippen LogP contribution in [0.5, 0.6) is 0 Å². The number of rotatable bonds is 5. The molecule has 2 aromatic heterocycles. The normalized spacial score (nSPS) is 10.5. The topological polar surface area (TPSA) is 71.3 Å². The van der Waals surface area contributed by atoms with Crippen molar-refractivity contribution in [2.24, 2.45) is 0 Å². The van der Waals surface area contributed by atoms with Crippen LogP contribution >= 0.6 is 0 Å². The third kappa shape index (κ3) is 3.21. The monoisotopic (exact) mass is 288 g/mol. The number of pyridine rings is 1. The fraction of sp³-hybridized carbons (Fsp3) is 0.400. The molecule has 2 rings (SSSR count). The molecule has 0 unspecified atom stereocenters. The zero-order valence-corrected chi connectivity index (χ0v) is 12.8. The number of aromatic nitrogens is 2. The second-order valence-corrected chi connectivity index (χ2v) is 4.90. The first-order valence-electron chi connectivity index (χ1n) is 6.98. The van der Waals surface area contributed by atoms with Gasteiger partial charge in [-0.25, -0.2) is 4.98 Å². The number of carbonyl (C=O) groups is 1. The summed E-state index contributed by atoms with van der Waals surface area (Å²) in [5.41, 5.74) is 2.57. The first-order chi connectivity index (χ1) is 10.1. The lowest BCUT2D eigenvalue weighted by molar-refractivity contribution is 0.0827. The summed E-state index contributed by atoms with van der Waals surface area (Å²) in [5, 5.41) is 7.15. The van der Waals surface area contributed by atoms with Crippen LogP contribution in [0, 0.1) is 0 Å². The molecule has 0 aromatic carbocycles. The van der Waals surface area contributed by atoms with Crippen molar-refractivity contribution < 1.29 is 9.32 Å². The van der Waals surface area contributed by atoms with Gasteiger partial charge in [0.05, 0.1) is 11.3 Å². The Labute approximate surface area is 124 Å². The molecule has 0 aliphatic rings. The van der Waals surface area contributed by atoms with Crippen molar-refractivity contribution in [3.05, 3.63) is 35.2 Å². The van der Waals surface area contributed by atoms with Crippen molar-refractivity contribution in [3.63, 3.8) is 0 Å². The first-order valence-corrected chi connectivity index (χ1v) is 6.98. The molecule has 2 aromatic rings. The van der Waals surface area contributed by atoms with Gasteiger partial charge in [0.25, 0.3) is 5.91 Å². The Kier molecular flexibility index (Phi) is 4.57. The van der Waals surface area contributed by atoms with E-state index in [-0.39, 0.29) is 5.91 Å². The van der Waals surface area contributed by atoms with Crippen LogP contribution in [0.2, 0.25) is 0 Å². The van der Waals surface area contributed by atoms with Gasteiger partial charge in [-0.15, -0.1) is 0 Å². The predicted molar refractivity (Wildman–Crippen MR) is 80.8 cm³/mol. The minimum absolute atomic E-state index is 0.0729. The molecule has 1 amide bonds. The Balaban J connectivity index is 2.17. The average molecular weight is 288 g/mol. The van der Waals surface area contributed by atoms with Crippen molar-refractivity contribution >= 4 is 17.6 Å². The standard InChI is InChI=1S/C15H20N4O2/c1-5-11-12(6-2)18-21-14(11)17-13-8-7-10(9-16-13)15(20)19(3)4/h7-9H,5-6H2,1-4H3,(H,16,17). The van der Waals surface area contributed by atoms with E-state index in [1.165, 1.54) is 4.90 Å². The molecule has 0 atom stereocenters. The number of nitrogens with zero attached hydrogens (tertiary/aromatic N) is 3. The highest BCUT2D eigenvalue weighted by Gasteiger charge is 2.14. The molecule has 0 spiro atoms. The van der Waals surface area contributed by atoms with E-state index < -0.39 is 0 Å². The summed E-state index contributed by atoms with van der Waals surface area (Å²) in [5.74, 6) is 1.17. The number of nitrogens with one attached hydrogen (secondary N) is 1. The van der Waals surface area contributed by atoms with Gasteiger partial charge in [0.1, 0.15) is 5.82 Å². The van der Waals surface area contributed by atoms with Gasteiger partial charge in [-0.3, -0.25) is 4.79 Å². The van der Waals surface area contributed by atoms with E-state index >= 15 is 0 Å². The van der Waals surface area contributed by atoms with E-state index in [9.17, 15) is 4.79 Å². The summed E-state index contributed by atoms with van der Waals surface area (Å²) >= 11 is 0. The van der Waals surface area contributed by atoms with E-state index in [0.717, 1.165) is 24.1 Å². The Hall–Kier alpha value is -2.37.